The van der Waals surface area contributed by atoms with Crippen LogP contribution in [0.5, 0.6) is 0 Å². The minimum absolute atomic E-state index is 0.141. The summed E-state index contributed by atoms with van der Waals surface area (Å²) in [5, 5.41) is 5.55. The van der Waals surface area contributed by atoms with Gasteiger partial charge < -0.3 is 4.42 Å². The summed E-state index contributed by atoms with van der Waals surface area (Å²) in [6, 6.07) is 47.8. The van der Waals surface area contributed by atoms with E-state index in [0.29, 0.717) is 0 Å². The highest BCUT2D eigenvalue weighted by Crippen LogP contribution is 2.51. The average molecular weight is 615 g/mol. The minimum atomic E-state index is -0.141. The Morgan fingerprint density at radius 1 is 0.521 bits per heavy atom. The molecule has 3 aromatic heterocycles. The quantitative estimate of drug-likeness (QED) is 0.186. The topological polar surface area (TPSA) is 38.9 Å². The first-order valence-corrected chi connectivity index (χ1v) is 16.5. The lowest BCUT2D eigenvalue weighted by Gasteiger charge is -2.22. The molecule has 0 amide bonds. The first-order chi connectivity index (χ1) is 23.5. The molecule has 0 aliphatic heterocycles. The van der Waals surface area contributed by atoms with Crippen molar-refractivity contribution in [3.63, 3.8) is 0 Å². The Morgan fingerprint density at radius 2 is 1.17 bits per heavy atom. The summed E-state index contributed by atoms with van der Waals surface area (Å²) in [4.78, 5) is 9.70. The van der Waals surface area contributed by atoms with Gasteiger partial charge in [0.25, 0.3) is 0 Å². The molecular formula is C45H30N2O. The highest BCUT2D eigenvalue weighted by Gasteiger charge is 2.36. The number of nitrogens with zero attached hydrogens (tertiary/aromatic N) is 2. The summed E-state index contributed by atoms with van der Waals surface area (Å²) in [5.74, 6) is 0. The number of hydrogen-bond donors (Lipinski definition) is 0. The molecule has 0 fully saturated rings. The van der Waals surface area contributed by atoms with Crippen molar-refractivity contribution in [3.05, 3.63) is 157 Å². The zero-order valence-electron chi connectivity index (χ0n) is 26.7. The van der Waals surface area contributed by atoms with Crippen LogP contribution >= 0.6 is 0 Å². The lowest BCUT2D eigenvalue weighted by atomic mass is 9.81. The van der Waals surface area contributed by atoms with Gasteiger partial charge in [0.15, 0.2) is 0 Å². The lowest BCUT2D eigenvalue weighted by molar-refractivity contribution is 0.661. The Labute approximate surface area is 278 Å². The van der Waals surface area contributed by atoms with Crippen LogP contribution in [0.15, 0.2) is 150 Å². The van der Waals surface area contributed by atoms with Crippen molar-refractivity contribution in [2.45, 2.75) is 19.3 Å². The number of hydrogen-bond acceptors (Lipinski definition) is 3. The Balaban J connectivity index is 1.16. The molecule has 3 heterocycles. The van der Waals surface area contributed by atoms with Crippen molar-refractivity contribution in [1.29, 1.82) is 0 Å². The summed E-state index contributed by atoms with van der Waals surface area (Å²) < 4.78 is 6.59. The van der Waals surface area contributed by atoms with Crippen LogP contribution in [-0.4, -0.2) is 9.97 Å². The lowest BCUT2D eigenvalue weighted by Crippen LogP contribution is -2.15. The van der Waals surface area contributed by atoms with E-state index in [4.69, 9.17) is 9.40 Å². The van der Waals surface area contributed by atoms with Gasteiger partial charge in [-0.05, 0) is 80.9 Å². The smallest absolute Gasteiger partial charge is 0.144 e. The second kappa shape index (κ2) is 9.97. The number of pyridine rings is 2. The molecule has 0 unspecified atom stereocenters. The Hall–Kier alpha value is -6.06. The second-order valence-corrected chi connectivity index (χ2v) is 13.4. The van der Waals surface area contributed by atoms with E-state index in [0.717, 1.165) is 66.0 Å². The highest BCUT2D eigenvalue weighted by atomic mass is 16.3. The van der Waals surface area contributed by atoms with E-state index in [1.165, 1.54) is 33.4 Å². The van der Waals surface area contributed by atoms with Gasteiger partial charge in [-0.2, -0.15) is 0 Å². The summed E-state index contributed by atoms with van der Waals surface area (Å²) in [5.41, 5.74) is 14.7. The summed E-state index contributed by atoms with van der Waals surface area (Å²) in [6.45, 7) is 4.68. The number of aromatic nitrogens is 2. The number of rotatable bonds is 3. The van der Waals surface area contributed by atoms with Crippen LogP contribution in [0.3, 0.4) is 0 Å². The normalized spacial score (nSPS) is 13.4. The van der Waals surface area contributed by atoms with Crippen LogP contribution in [0.4, 0.5) is 0 Å². The monoisotopic (exact) mass is 614 g/mol. The van der Waals surface area contributed by atoms with Gasteiger partial charge in [-0.25, -0.2) is 4.98 Å². The molecule has 48 heavy (non-hydrogen) atoms. The van der Waals surface area contributed by atoms with Gasteiger partial charge in [0.1, 0.15) is 11.2 Å². The maximum atomic E-state index is 6.59. The summed E-state index contributed by atoms with van der Waals surface area (Å²) >= 11 is 0. The SMILES string of the molecule is CC1(C)c2cc(-c3cccnc3)ccc2-c2ccc(-c3ccc4c(c3)nc(-c3ccccc3)c3ccc5c6ccccc6oc5c34)cc21. The zero-order valence-corrected chi connectivity index (χ0v) is 26.7. The molecule has 6 aromatic carbocycles. The van der Waals surface area contributed by atoms with Crippen LogP contribution < -0.4 is 0 Å². The first kappa shape index (κ1) is 27.1. The van der Waals surface area contributed by atoms with Crippen molar-refractivity contribution in [1.82, 2.24) is 9.97 Å². The molecule has 0 N–H and O–H groups in total. The molecule has 3 heteroatoms. The van der Waals surface area contributed by atoms with E-state index in [2.05, 4.69) is 134 Å². The van der Waals surface area contributed by atoms with E-state index in [1.807, 2.05) is 30.6 Å². The zero-order chi connectivity index (χ0) is 32.0. The molecule has 0 radical (unpaired) electrons. The molecule has 0 spiro atoms. The van der Waals surface area contributed by atoms with Gasteiger partial charge in [-0.1, -0.05) is 111 Å². The Kier molecular flexibility index (Phi) is 5.63. The molecule has 9 aromatic rings. The van der Waals surface area contributed by atoms with E-state index < -0.39 is 0 Å². The van der Waals surface area contributed by atoms with Gasteiger partial charge in [0, 0.05) is 50.3 Å². The molecule has 0 atom stereocenters. The summed E-state index contributed by atoms with van der Waals surface area (Å²) in [7, 11) is 0. The standard InChI is InChI=1S/C45H30N2O/c1-45(2)38-23-28(14-17-32(38)33-18-15-29(24-39(33)45)31-11-8-22-46-26-31)30-16-19-36-40(25-30)47-43(27-9-4-3-5-10-27)37-21-20-35-34-12-6-7-13-41(34)48-44(35)42(36)37/h3-26H,1-2H3. The van der Waals surface area contributed by atoms with Crippen LogP contribution in [-0.2, 0) is 5.41 Å². The van der Waals surface area contributed by atoms with Gasteiger partial charge in [0.05, 0.1) is 11.2 Å². The molecule has 0 saturated carbocycles. The first-order valence-electron chi connectivity index (χ1n) is 16.5. The summed E-state index contributed by atoms with van der Waals surface area (Å²) in [6.07, 6.45) is 3.76. The number of benzene rings is 6. The fourth-order valence-electron chi connectivity index (χ4n) is 7.90. The predicted molar refractivity (Wildman–Crippen MR) is 198 cm³/mol. The third-order valence-electron chi connectivity index (χ3n) is 10.4. The third-order valence-corrected chi connectivity index (χ3v) is 10.4. The number of para-hydroxylation sites is 1. The molecule has 0 saturated heterocycles. The molecule has 1 aliphatic rings. The van der Waals surface area contributed by atoms with Gasteiger partial charge >= 0.3 is 0 Å². The molecule has 1 aliphatic carbocycles. The van der Waals surface area contributed by atoms with Crippen molar-refractivity contribution in [2.24, 2.45) is 0 Å². The van der Waals surface area contributed by atoms with E-state index in [9.17, 15) is 0 Å². The highest BCUT2D eigenvalue weighted by molar-refractivity contribution is 6.24. The maximum absolute atomic E-state index is 6.59. The fraction of sp³-hybridized carbons (Fsp3) is 0.0667. The molecule has 0 bridgehead atoms. The van der Waals surface area contributed by atoms with Crippen LogP contribution in [0.2, 0.25) is 0 Å². The maximum Gasteiger partial charge on any atom is 0.144 e. The molecule has 3 nitrogen and oxygen atoms in total. The van der Waals surface area contributed by atoms with Crippen LogP contribution in [0, 0.1) is 0 Å². The Bertz CT molecular complexity index is 2740. The molecule has 10 rings (SSSR count). The Morgan fingerprint density at radius 3 is 1.94 bits per heavy atom. The van der Waals surface area contributed by atoms with Crippen molar-refractivity contribution in [3.8, 4) is 44.6 Å². The van der Waals surface area contributed by atoms with E-state index >= 15 is 0 Å². The number of furan rings is 1. The molecule has 226 valence electrons. The molecular weight excluding hydrogens is 585 g/mol. The van der Waals surface area contributed by atoms with Crippen molar-refractivity contribution < 1.29 is 4.42 Å². The van der Waals surface area contributed by atoms with Gasteiger partial charge in [-0.3, -0.25) is 4.98 Å². The number of fused-ring (bicyclic) bond motifs is 10. The largest absolute Gasteiger partial charge is 0.455 e. The van der Waals surface area contributed by atoms with Gasteiger partial charge in [0.2, 0.25) is 0 Å². The average Bonchev–Trinajstić information content (AvgIpc) is 3.63. The predicted octanol–water partition coefficient (Wildman–Crippen LogP) is 12.0. The fourth-order valence-corrected chi connectivity index (χ4v) is 7.90. The van der Waals surface area contributed by atoms with Crippen LogP contribution in [0.1, 0.15) is 25.0 Å². The third kappa shape index (κ3) is 3.88. The van der Waals surface area contributed by atoms with Gasteiger partial charge in [-0.15, -0.1) is 0 Å². The van der Waals surface area contributed by atoms with Crippen molar-refractivity contribution in [2.75, 3.05) is 0 Å². The van der Waals surface area contributed by atoms with Crippen LogP contribution in [0.25, 0.3) is 88.3 Å². The van der Waals surface area contributed by atoms with E-state index in [1.54, 1.807) is 0 Å². The van der Waals surface area contributed by atoms with E-state index in [-0.39, 0.29) is 5.41 Å². The minimum Gasteiger partial charge on any atom is -0.455 e. The van der Waals surface area contributed by atoms with Crippen molar-refractivity contribution >= 4 is 43.6 Å². The second-order valence-electron chi connectivity index (χ2n) is 13.4.